The molecule has 0 aromatic rings. The molecule has 0 spiro atoms. The van der Waals surface area contributed by atoms with E-state index in [1.54, 1.807) is 0 Å². The van der Waals surface area contributed by atoms with Crippen molar-refractivity contribution in [2.24, 2.45) is 23.7 Å². The van der Waals surface area contributed by atoms with Crippen molar-refractivity contribution in [2.45, 2.75) is 53.4 Å². The number of hydrogen-bond acceptors (Lipinski definition) is 8. The lowest BCUT2D eigenvalue weighted by molar-refractivity contribution is -0.148. The van der Waals surface area contributed by atoms with Gasteiger partial charge >= 0.3 is 23.9 Å². The van der Waals surface area contributed by atoms with Crippen LogP contribution in [-0.4, -0.2) is 50.3 Å². The van der Waals surface area contributed by atoms with Crippen molar-refractivity contribution in [1.29, 1.82) is 0 Å². The van der Waals surface area contributed by atoms with E-state index >= 15 is 0 Å². The molecule has 0 heterocycles. The van der Waals surface area contributed by atoms with Crippen LogP contribution in [0.4, 0.5) is 0 Å². The van der Waals surface area contributed by atoms with Gasteiger partial charge in [-0.1, -0.05) is 11.1 Å². The molecule has 8 heteroatoms. The highest BCUT2D eigenvalue weighted by atomic mass is 16.5. The predicted molar refractivity (Wildman–Crippen MR) is 106 cm³/mol. The Morgan fingerprint density at radius 1 is 0.533 bits per heavy atom. The minimum absolute atomic E-state index is 0.0615. The number of carbonyl (C=O) groups excluding carboxylic acids is 4. The lowest BCUT2D eigenvalue weighted by Gasteiger charge is -2.41. The lowest BCUT2D eigenvalue weighted by Crippen LogP contribution is -2.36. The molecule has 0 aromatic carbocycles. The Morgan fingerprint density at radius 3 is 0.900 bits per heavy atom. The summed E-state index contributed by atoms with van der Waals surface area (Å²) in [7, 11) is 0. The minimum atomic E-state index is -0.334. The molecule has 0 fully saturated rings. The molecule has 0 saturated carbocycles. The molecule has 0 saturated heterocycles. The highest BCUT2D eigenvalue weighted by Gasteiger charge is 2.38. The Morgan fingerprint density at radius 2 is 0.733 bits per heavy atom. The Balaban J connectivity index is 2.16. The normalized spacial score (nSPS) is 25.7. The maximum absolute atomic E-state index is 11.3. The fourth-order valence-electron chi connectivity index (χ4n) is 4.35. The molecular formula is C22H32O8. The van der Waals surface area contributed by atoms with Gasteiger partial charge < -0.3 is 18.9 Å². The van der Waals surface area contributed by atoms with Crippen LogP contribution in [0.2, 0.25) is 0 Å². The maximum atomic E-state index is 11.3. The molecule has 168 valence electrons. The molecule has 2 aliphatic carbocycles. The second-order valence-corrected chi connectivity index (χ2v) is 8.27. The molecule has 0 N–H and O–H groups in total. The van der Waals surface area contributed by atoms with Gasteiger partial charge in [-0.2, -0.15) is 0 Å². The highest BCUT2D eigenvalue weighted by molar-refractivity contribution is 5.66. The van der Waals surface area contributed by atoms with Crippen LogP contribution in [0.5, 0.6) is 0 Å². The van der Waals surface area contributed by atoms with Crippen molar-refractivity contribution in [3.8, 4) is 0 Å². The second kappa shape index (κ2) is 11.1. The van der Waals surface area contributed by atoms with Gasteiger partial charge in [0, 0.05) is 51.4 Å². The monoisotopic (exact) mass is 424 g/mol. The number of esters is 4. The first kappa shape index (κ1) is 23.9. The summed E-state index contributed by atoms with van der Waals surface area (Å²) in [6.45, 7) is 6.64. The quantitative estimate of drug-likeness (QED) is 0.333. The van der Waals surface area contributed by atoms with Crippen LogP contribution in [-0.2, 0) is 38.1 Å². The summed E-state index contributed by atoms with van der Waals surface area (Å²) in [6, 6.07) is 0. The molecule has 0 aliphatic heterocycles. The number of carbonyl (C=O) groups is 4. The van der Waals surface area contributed by atoms with E-state index in [2.05, 4.69) is 0 Å². The van der Waals surface area contributed by atoms with Crippen LogP contribution in [0.15, 0.2) is 11.1 Å². The van der Waals surface area contributed by atoms with E-state index in [1.807, 2.05) is 0 Å². The molecule has 0 radical (unpaired) electrons. The van der Waals surface area contributed by atoms with Crippen LogP contribution in [0.25, 0.3) is 0 Å². The molecule has 30 heavy (non-hydrogen) atoms. The Kier molecular flexibility index (Phi) is 8.87. The smallest absolute Gasteiger partial charge is 0.302 e. The average Bonchev–Trinajstić information content (AvgIpc) is 2.66. The van der Waals surface area contributed by atoms with Gasteiger partial charge in [-0.15, -0.1) is 0 Å². The second-order valence-electron chi connectivity index (χ2n) is 8.27. The van der Waals surface area contributed by atoms with E-state index < -0.39 is 0 Å². The molecular weight excluding hydrogens is 392 g/mol. The van der Waals surface area contributed by atoms with Crippen molar-refractivity contribution in [1.82, 2.24) is 0 Å². The maximum Gasteiger partial charge on any atom is 0.302 e. The summed E-state index contributed by atoms with van der Waals surface area (Å²) in [6.07, 6.45) is 2.97. The lowest BCUT2D eigenvalue weighted by atomic mass is 9.67. The molecule has 2 rings (SSSR count). The molecule has 4 atom stereocenters. The van der Waals surface area contributed by atoms with E-state index in [0.29, 0.717) is 0 Å². The molecule has 0 bridgehead atoms. The van der Waals surface area contributed by atoms with E-state index in [9.17, 15) is 19.2 Å². The van der Waals surface area contributed by atoms with Crippen LogP contribution in [0, 0.1) is 23.7 Å². The fraction of sp³-hybridized carbons (Fsp3) is 0.727. The van der Waals surface area contributed by atoms with Gasteiger partial charge in [0.1, 0.15) is 0 Å². The largest absolute Gasteiger partial charge is 0.466 e. The van der Waals surface area contributed by atoms with Gasteiger partial charge in [0.15, 0.2) is 0 Å². The number of hydrogen-bond donors (Lipinski definition) is 0. The van der Waals surface area contributed by atoms with Crippen LogP contribution in [0.3, 0.4) is 0 Å². The topological polar surface area (TPSA) is 105 Å². The predicted octanol–water partition coefficient (Wildman–Crippen LogP) is 2.59. The van der Waals surface area contributed by atoms with Gasteiger partial charge in [-0.3, -0.25) is 19.2 Å². The summed E-state index contributed by atoms with van der Waals surface area (Å²) < 4.78 is 21.0. The third kappa shape index (κ3) is 7.46. The number of rotatable bonds is 8. The zero-order valence-corrected chi connectivity index (χ0v) is 18.2. The van der Waals surface area contributed by atoms with Gasteiger partial charge in [0.05, 0.1) is 26.4 Å². The van der Waals surface area contributed by atoms with Gasteiger partial charge in [-0.05, 0) is 25.7 Å². The van der Waals surface area contributed by atoms with Crippen molar-refractivity contribution < 1.29 is 38.1 Å². The van der Waals surface area contributed by atoms with E-state index in [-0.39, 0.29) is 74.0 Å². The Labute approximate surface area is 177 Å². The first-order chi connectivity index (χ1) is 14.2. The first-order valence-electron chi connectivity index (χ1n) is 10.4. The molecule has 0 aromatic heterocycles. The zero-order chi connectivity index (χ0) is 22.3. The average molecular weight is 424 g/mol. The van der Waals surface area contributed by atoms with Crippen molar-refractivity contribution >= 4 is 23.9 Å². The number of ether oxygens (including phenoxy) is 4. The van der Waals surface area contributed by atoms with Crippen molar-refractivity contribution in [3.05, 3.63) is 11.1 Å². The molecule has 0 amide bonds. The summed E-state index contributed by atoms with van der Waals surface area (Å²) in [5.41, 5.74) is 2.56. The van der Waals surface area contributed by atoms with E-state index in [0.717, 1.165) is 25.7 Å². The fourth-order valence-corrected chi connectivity index (χ4v) is 4.35. The Bertz CT molecular complexity index is 581. The summed E-state index contributed by atoms with van der Waals surface area (Å²) in [4.78, 5) is 45.2. The highest BCUT2D eigenvalue weighted by Crippen LogP contribution is 2.45. The summed E-state index contributed by atoms with van der Waals surface area (Å²) >= 11 is 0. The standard InChI is InChI=1S/C22H32O8/c1-13(23)27-9-19-5-17-7-21(11-29-15(3)25)22(12-30-16(4)26)8-18(17)6-20(19)10-28-14(2)24/h19-22H,5-12H2,1-4H3/t19-,20-,21-,22+/m1/s1. The molecule has 2 aliphatic rings. The van der Waals surface area contributed by atoms with Crippen molar-refractivity contribution in [2.75, 3.05) is 26.4 Å². The summed E-state index contributed by atoms with van der Waals surface area (Å²) in [5, 5.41) is 0. The zero-order valence-electron chi connectivity index (χ0n) is 18.2. The van der Waals surface area contributed by atoms with Crippen molar-refractivity contribution in [3.63, 3.8) is 0 Å². The minimum Gasteiger partial charge on any atom is -0.466 e. The molecule has 0 unspecified atom stereocenters. The number of allylic oxidation sites excluding steroid dienone is 2. The van der Waals surface area contributed by atoms with Crippen LogP contribution < -0.4 is 0 Å². The Hall–Kier alpha value is -2.38. The van der Waals surface area contributed by atoms with Crippen LogP contribution >= 0.6 is 0 Å². The first-order valence-corrected chi connectivity index (χ1v) is 10.4. The van der Waals surface area contributed by atoms with Gasteiger partial charge in [0.25, 0.3) is 0 Å². The van der Waals surface area contributed by atoms with Gasteiger partial charge in [-0.25, -0.2) is 0 Å². The van der Waals surface area contributed by atoms with E-state index in [1.165, 1.54) is 38.8 Å². The summed E-state index contributed by atoms with van der Waals surface area (Å²) in [5.74, 6) is -1.09. The van der Waals surface area contributed by atoms with E-state index in [4.69, 9.17) is 18.9 Å². The van der Waals surface area contributed by atoms with Gasteiger partial charge in [0.2, 0.25) is 0 Å². The SMILES string of the molecule is CC(=O)OC[C@@H]1CC2=C(C[C@@H]1COC(C)=O)C[C@H](COC(C)=O)[C@@H](COC(C)=O)C2. The molecule has 8 nitrogen and oxygen atoms in total. The van der Waals surface area contributed by atoms with Crippen LogP contribution in [0.1, 0.15) is 53.4 Å². The third-order valence-corrected chi connectivity index (χ3v) is 5.87. The third-order valence-electron chi connectivity index (χ3n) is 5.87.